The molecule has 98 valence electrons. The van der Waals surface area contributed by atoms with Crippen LogP contribution in [0.5, 0.6) is 0 Å². The van der Waals surface area contributed by atoms with Crippen LogP contribution in [0.3, 0.4) is 0 Å². The van der Waals surface area contributed by atoms with Gasteiger partial charge in [-0.1, -0.05) is 0 Å². The second-order valence-electron chi connectivity index (χ2n) is 5.11. The Morgan fingerprint density at radius 3 is 2.06 bits per heavy atom. The van der Waals surface area contributed by atoms with E-state index >= 15 is 0 Å². The zero-order chi connectivity index (χ0) is 12.6. The third-order valence-electron chi connectivity index (χ3n) is 3.72. The van der Waals surface area contributed by atoms with Crippen molar-refractivity contribution in [3.8, 4) is 0 Å². The molecule has 0 radical (unpaired) electrons. The first-order chi connectivity index (χ1) is 8.29. The molecule has 0 aliphatic heterocycles. The van der Waals surface area contributed by atoms with Crippen molar-refractivity contribution in [2.75, 3.05) is 0 Å². The minimum absolute atomic E-state index is 1.35. The molecule has 0 aliphatic carbocycles. The third kappa shape index (κ3) is 4.55. The van der Waals surface area contributed by atoms with Gasteiger partial charge in [0.1, 0.15) is 0 Å². The van der Waals surface area contributed by atoms with Crippen molar-refractivity contribution < 1.29 is 0 Å². The topological polar surface area (TPSA) is 12.9 Å². The van der Waals surface area contributed by atoms with Crippen LogP contribution in [0.25, 0.3) is 0 Å². The molecule has 1 rings (SSSR count). The number of thiazole rings is 1. The molecule has 0 unspecified atom stereocenters. The normalized spacial score (nSPS) is 11.9. The van der Waals surface area contributed by atoms with Gasteiger partial charge in [0.2, 0.25) is 0 Å². The van der Waals surface area contributed by atoms with Crippen molar-refractivity contribution in [3.05, 3.63) is 10.9 Å². The second kappa shape index (κ2) is 8.52. The van der Waals surface area contributed by atoms with Gasteiger partial charge in [0, 0.05) is 0 Å². The summed E-state index contributed by atoms with van der Waals surface area (Å²) >= 11 is -0.300. The predicted molar refractivity (Wildman–Crippen MR) is 82.0 cm³/mol. The van der Waals surface area contributed by atoms with Gasteiger partial charge in [-0.05, 0) is 0 Å². The van der Waals surface area contributed by atoms with Crippen LogP contribution in [0.15, 0.2) is 10.9 Å². The molecule has 17 heavy (non-hydrogen) atoms. The van der Waals surface area contributed by atoms with E-state index in [1.807, 2.05) is 0 Å². The molecule has 0 N–H and O–H groups in total. The molecule has 3 heteroatoms. The molecule has 1 aromatic rings. The first-order valence-electron chi connectivity index (χ1n) is 7.17. The van der Waals surface area contributed by atoms with E-state index in [1.165, 1.54) is 45.4 Å². The first-order valence-corrected chi connectivity index (χ1v) is 15.6. The molecule has 0 saturated carbocycles. The Labute approximate surface area is 115 Å². The Kier molecular flexibility index (Phi) is 7.76. The van der Waals surface area contributed by atoms with Crippen molar-refractivity contribution >= 4 is 33.4 Å². The van der Waals surface area contributed by atoms with Crippen LogP contribution in [0, 0.1) is 0 Å². The van der Waals surface area contributed by atoms with Gasteiger partial charge in [-0.25, -0.2) is 0 Å². The second-order valence-corrected chi connectivity index (χ2v) is 18.9. The summed E-state index contributed by atoms with van der Waals surface area (Å²) in [5.41, 5.74) is 2.05. The number of unbranched alkanes of at least 4 members (excludes halogenated alkanes) is 2. The molecule has 0 saturated heterocycles. The van der Waals surface area contributed by atoms with Crippen LogP contribution < -0.4 is 3.71 Å². The Balaban J connectivity index is 2.84. The van der Waals surface area contributed by atoms with Crippen molar-refractivity contribution in [1.82, 2.24) is 4.98 Å². The fraction of sp³-hybridized carbons (Fsp3) is 0.786. The monoisotopic (exact) mass is 361 g/mol. The van der Waals surface area contributed by atoms with E-state index in [4.69, 9.17) is 4.98 Å². The molecule has 0 aliphatic rings. The maximum absolute atomic E-state index is 4.73. The van der Waals surface area contributed by atoms with Crippen LogP contribution >= 0.6 is 11.3 Å². The molecule has 0 fully saturated rings. The Morgan fingerprint density at radius 2 is 1.65 bits per heavy atom. The van der Waals surface area contributed by atoms with Crippen LogP contribution in [0.4, 0.5) is 0 Å². The Hall–Kier alpha value is 0.429. The standard InChI is InChI=1S/2C4H9.C3H2NS.C3H7.Sn/c2*1-3-4-2;1-2-5-3-4-1;1-3-2;/h2*1,3-4H2,2H3;2-3H;1,3H2,2H3;. The molecule has 0 aromatic carbocycles. The first kappa shape index (κ1) is 15.5. The summed E-state index contributed by atoms with van der Waals surface area (Å²) in [7, 11) is 0. The quantitative estimate of drug-likeness (QED) is 0.576. The summed E-state index contributed by atoms with van der Waals surface area (Å²) in [6, 6.07) is 0. The van der Waals surface area contributed by atoms with E-state index in [9.17, 15) is 0 Å². The molecule has 0 spiro atoms. The summed E-state index contributed by atoms with van der Waals surface area (Å²) in [4.78, 5) is 4.73. The van der Waals surface area contributed by atoms with Gasteiger partial charge in [0.15, 0.2) is 0 Å². The number of nitrogens with zero attached hydrogens (tertiary/aromatic N) is 1. The molecule has 1 heterocycles. The molecule has 1 nitrogen and oxygen atoms in total. The number of rotatable bonds is 9. The van der Waals surface area contributed by atoms with Crippen LogP contribution in [-0.4, -0.2) is 23.4 Å². The molecular weight excluding hydrogens is 333 g/mol. The van der Waals surface area contributed by atoms with E-state index in [2.05, 4.69) is 31.7 Å². The van der Waals surface area contributed by atoms with E-state index < -0.39 is 18.4 Å². The van der Waals surface area contributed by atoms with Crippen molar-refractivity contribution in [2.45, 2.75) is 66.2 Å². The fourth-order valence-corrected chi connectivity index (χ4v) is 20.3. The van der Waals surface area contributed by atoms with Gasteiger partial charge in [-0.2, -0.15) is 0 Å². The van der Waals surface area contributed by atoms with Gasteiger partial charge < -0.3 is 0 Å². The molecule has 1 aromatic heterocycles. The van der Waals surface area contributed by atoms with E-state index in [0.29, 0.717) is 0 Å². The SMILES string of the molecule is CCC[CH2][Sn]([CH2]CC)([CH2]CCC)[c]1cscn1. The van der Waals surface area contributed by atoms with Gasteiger partial charge in [0.05, 0.1) is 0 Å². The minimum atomic E-state index is -2.10. The maximum atomic E-state index is 4.73. The number of hydrogen-bond acceptors (Lipinski definition) is 2. The summed E-state index contributed by atoms with van der Waals surface area (Å²) in [6.45, 7) is 7.00. The third-order valence-corrected chi connectivity index (χ3v) is 20.4. The summed E-state index contributed by atoms with van der Waals surface area (Å²) < 4.78 is 6.15. The average molecular weight is 360 g/mol. The van der Waals surface area contributed by atoms with Gasteiger partial charge >= 0.3 is 115 Å². The van der Waals surface area contributed by atoms with Crippen LogP contribution in [-0.2, 0) is 0 Å². The van der Waals surface area contributed by atoms with Crippen LogP contribution in [0.1, 0.15) is 52.9 Å². The summed E-state index contributed by atoms with van der Waals surface area (Å²) in [6.07, 6.45) is 6.91. The van der Waals surface area contributed by atoms with E-state index in [0.717, 1.165) is 0 Å². The summed E-state index contributed by atoms with van der Waals surface area (Å²) in [5.74, 6) is 0. The van der Waals surface area contributed by atoms with Crippen molar-refractivity contribution in [2.24, 2.45) is 0 Å². The molecule has 0 amide bonds. The molecular formula is C14H27NSSn. The number of aromatic nitrogens is 1. The van der Waals surface area contributed by atoms with E-state index in [-0.39, 0.29) is 0 Å². The average Bonchev–Trinajstić information content (AvgIpc) is 2.87. The number of hydrogen-bond donors (Lipinski definition) is 0. The zero-order valence-electron chi connectivity index (χ0n) is 11.7. The van der Waals surface area contributed by atoms with Crippen molar-refractivity contribution in [1.29, 1.82) is 0 Å². The summed E-state index contributed by atoms with van der Waals surface area (Å²) in [5, 5.41) is 2.37. The molecule has 0 bridgehead atoms. The Bertz CT molecular complexity index is 276. The fourth-order valence-electron chi connectivity index (χ4n) is 2.74. The van der Waals surface area contributed by atoms with Gasteiger partial charge in [0.25, 0.3) is 0 Å². The van der Waals surface area contributed by atoms with Gasteiger partial charge in [-0.3, -0.25) is 0 Å². The van der Waals surface area contributed by atoms with Gasteiger partial charge in [-0.15, -0.1) is 0 Å². The Morgan fingerprint density at radius 1 is 1.00 bits per heavy atom. The molecule has 0 atom stereocenters. The van der Waals surface area contributed by atoms with Crippen molar-refractivity contribution in [3.63, 3.8) is 0 Å². The van der Waals surface area contributed by atoms with E-state index in [1.54, 1.807) is 15.0 Å². The predicted octanol–water partition coefficient (Wildman–Crippen LogP) is 4.81. The van der Waals surface area contributed by atoms with Crippen LogP contribution in [0.2, 0.25) is 13.3 Å². The zero-order valence-corrected chi connectivity index (χ0v) is 15.3.